The second kappa shape index (κ2) is 6.45. The van der Waals surface area contributed by atoms with E-state index in [4.69, 9.17) is 11.6 Å². The van der Waals surface area contributed by atoms with Gasteiger partial charge in [-0.3, -0.25) is 9.59 Å². The Bertz CT molecular complexity index is 697. The lowest BCUT2D eigenvalue weighted by Gasteiger charge is -2.16. The number of aromatic nitrogens is 1. The van der Waals surface area contributed by atoms with Gasteiger partial charge in [-0.2, -0.15) is 0 Å². The molecule has 0 bridgehead atoms. The normalized spacial score (nSPS) is 12.0. The number of nitrogens with zero attached hydrogens (tertiary/aromatic N) is 1. The van der Waals surface area contributed by atoms with Crippen LogP contribution in [0.1, 0.15) is 26.7 Å². The van der Waals surface area contributed by atoms with E-state index in [0.717, 1.165) is 5.69 Å². The van der Waals surface area contributed by atoms with Crippen LogP contribution in [0.4, 0.5) is 0 Å². The molecule has 0 saturated heterocycles. The summed E-state index contributed by atoms with van der Waals surface area (Å²) in [6.45, 7) is 1.83. The molecule has 1 amide bonds. The van der Waals surface area contributed by atoms with E-state index in [0.29, 0.717) is 16.3 Å². The average molecular weight is 370 g/mol. The number of ketones is 1. The first kappa shape index (κ1) is 15.8. The Kier molecular flexibility index (Phi) is 4.85. The van der Waals surface area contributed by atoms with Crippen LogP contribution in [0, 0.1) is 6.92 Å². The summed E-state index contributed by atoms with van der Waals surface area (Å²) in [6, 6.07) is 10.3. The third kappa shape index (κ3) is 3.04. The second-order valence-corrected chi connectivity index (χ2v) is 5.76. The van der Waals surface area contributed by atoms with Gasteiger partial charge in [-0.25, -0.2) is 0 Å². The fourth-order valence-corrected chi connectivity index (χ4v) is 3.05. The molecule has 0 aliphatic carbocycles. The van der Waals surface area contributed by atoms with Crippen LogP contribution in [0.2, 0.25) is 5.02 Å². The van der Waals surface area contributed by atoms with E-state index in [1.54, 1.807) is 48.0 Å². The van der Waals surface area contributed by atoms with Gasteiger partial charge >= 0.3 is 0 Å². The number of hydrogen-bond donors (Lipinski definition) is 1. The molecule has 0 aliphatic heterocycles. The maximum absolute atomic E-state index is 12.7. The molecule has 1 aromatic carbocycles. The van der Waals surface area contributed by atoms with Crippen molar-refractivity contribution in [1.29, 1.82) is 0 Å². The number of carbonyl (C=O) groups is 2. The number of alkyl halides is 1. The average Bonchev–Trinajstić information content (AvgIpc) is 2.87. The number of nitrogens with one attached hydrogen (secondary N) is 1. The third-order valence-corrected chi connectivity index (χ3v) is 4.32. The summed E-state index contributed by atoms with van der Waals surface area (Å²) in [5.74, 6) is -0.454. The Morgan fingerprint density at radius 1 is 1.24 bits per heavy atom. The Balaban J connectivity index is 2.49. The smallest absolute Gasteiger partial charge is 0.253 e. The minimum Gasteiger partial charge on any atom is -0.357 e. The minimum atomic E-state index is -0.654. The van der Waals surface area contributed by atoms with Gasteiger partial charge in [0, 0.05) is 18.3 Å². The number of hydrogen-bond acceptors (Lipinski definition) is 2. The lowest BCUT2D eigenvalue weighted by molar-refractivity contribution is -0.121. The highest BCUT2D eigenvalue weighted by atomic mass is 79.9. The first-order valence-corrected chi connectivity index (χ1v) is 7.59. The lowest BCUT2D eigenvalue weighted by Crippen LogP contribution is -2.28. The topological polar surface area (TPSA) is 51.1 Å². The molecule has 21 heavy (non-hydrogen) atoms. The minimum absolute atomic E-state index is 0.220. The van der Waals surface area contributed by atoms with Crippen molar-refractivity contribution in [2.75, 3.05) is 7.05 Å². The summed E-state index contributed by atoms with van der Waals surface area (Å²) in [4.78, 5) is 23.8. The van der Waals surface area contributed by atoms with Gasteiger partial charge in [0.1, 0.15) is 0 Å². The van der Waals surface area contributed by atoms with Gasteiger partial charge in [-0.1, -0.05) is 39.7 Å². The van der Waals surface area contributed by atoms with Crippen LogP contribution in [0.15, 0.2) is 36.4 Å². The summed E-state index contributed by atoms with van der Waals surface area (Å²) in [7, 11) is 1.55. The van der Waals surface area contributed by atoms with Crippen molar-refractivity contribution in [1.82, 2.24) is 9.88 Å². The molecule has 110 valence electrons. The van der Waals surface area contributed by atoms with E-state index in [2.05, 4.69) is 21.2 Å². The standard InChI is InChI=1S/C15H14BrClN2O2/c1-9-7-8-12(19(9)14(16)15(21)18-2)13(20)10-5-3-4-6-11(10)17/h3-8,14H,1-2H3,(H,18,21). The number of benzene rings is 1. The van der Waals surface area contributed by atoms with Crippen molar-refractivity contribution < 1.29 is 9.59 Å². The molecule has 0 aliphatic rings. The van der Waals surface area contributed by atoms with Gasteiger partial charge in [-0.05, 0) is 31.2 Å². The van der Waals surface area contributed by atoms with Crippen molar-refractivity contribution >= 4 is 39.2 Å². The van der Waals surface area contributed by atoms with Crippen molar-refractivity contribution in [3.8, 4) is 0 Å². The Labute approximate surface area is 136 Å². The Hall–Kier alpha value is -1.59. The Morgan fingerprint density at radius 3 is 2.52 bits per heavy atom. The van der Waals surface area contributed by atoms with E-state index in [-0.39, 0.29) is 11.7 Å². The number of amides is 1. The summed E-state index contributed by atoms with van der Waals surface area (Å²) in [6.07, 6.45) is 0. The van der Waals surface area contributed by atoms with Crippen molar-refractivity contribution in [2.45, 2.75) is 11.9 Å². The van der Waals surface area contributed by atoms with Crippen LogP contribution in [0.25, 0.3) is 0 Å². The fraction of sp³-hybridized carbons (Fsp3) is 0.200. The van der Waals surface area contributed by atoms with E-state index in [9.17, 15) is 9.59 Å². The molecule has 4 nitrogen and oxygen atoms in total. The monoisotopic (exact) mass is 368 g/mol. The highest BCUT2D eigenvalue weighted by Crippen LogP contribution is 2.26. The van der Waals surface area contributed by atoms with E-state index >= 15 is 0 Å². The van der Waals surface area contributed by atoms with Gasteiger partial charge in [-0.15, -0.1) is 0 Å². The van der Waals surface area contributed by atoms with E-state index in [1.165, 1.54) is 0 Å². The molecule has 2 aromatic rings. The first-order chi connectivity index (χ1) is 9.97. The zero-order chi connectivity index (χ0) is 15.6. The molecule has 2 rings (SSSR count). The zero-order valence-corrected chi connectivity index (χ0v) is 13.9. The summed E-state index contributed by atoms with van der Waals surface area (Å²) < 4.78 is 1.64. The van der Waals surface area contributed by atoms with Crippen LogP contribution in [0.5, 0.6) is 0 Å². The molecule has 0 saturated carbocycles. The van der Waals surface area contributed by atoms with Crippen molar-refractivity contribution in [3.63, 3.8) is 0 Å². The maximum Gasteiger partial charge on any atom is 0.253 e. The van der Waals surface area contributed by atoms with Crippen LogP contribution < -0.4 is 5.32 Å². The van der Waals surface area contributed by atoms with Gasteiger partial charge in [0.05, 0.1) is 10.7 Å². The van der Waals surface area contributed by atoms with Crippen LogP contribution in [-0.2, 0) is 4.79 Å². The van der Waals surface area contributed by atoms with Crippen LogP contribution in [0.3, 0.4) is 0 Å². The number of rotatable bonds is 4. The number of carbonyl (C=O) groups excluding carboxylic acids is 2. The van der Waals surface area contributed by atoms with Gasteiger partial charge in [0.15, 0.2) is 4.95 Å². The van der Waals surface area contributed by atoms with Crippen molar-refractivity contribution in [2.24, 2.45) is 0 Å². The second-order valence-electron chi connectivity index (χ2n) is 4.49. The molecule has 1 unspecified atom stereocenters. The molecular formula is C15H14BrClN2O2. The molecule has 6 heteroatoms. The molecular weight excluding hydrogens is 356 g/mol. The quantitative estimate of drug-likeness (QED) is 0.664. The van der Waals surface area contributed by atoms with Gasteiger partial charge in [0.25, 0.3) is 5.91 Å². The summed E-state index contributed by atoms with van der Waals surface area (Å²) in [5.41, 5.74) is 1.62. The number of likely N-dealkylation sites (N-methyl/N-ethyl adjacent to an activating group) is 1. The molecule has 1 N–H and O–H groups in total. The lowest BCUT2D eigenvalue weighted by atomic mass is 10.1. The molecule has 0 fully saturated rings. The molecule has 0 spiro atoms. The fourth-order valence-electron chi connectivity index (χ4n) is 2.06. The van der Waals surface area contributed by atoms with Crippen molar-refractivity contribution in [3.05, 3.63) is 58.4 Å². The van der Waals surface area contributed by atoms with E-state index < -0.39 is 4.95 Å². The SMILES string of the molecule is CNC(=O)C(Br)n1c(C)ccc1C(=O)c1ccccc1Cl. The number of aryl methyl sites for hydroxylation is 1. The van der Waals surface area contributed by atoms with Gasteiger partial charge in [0.2, 0.25) is 5.78 Å². The summed E-state index contributed by atoms with van der Waals surface area (Å²) >= 11 is 9.39. The largest absolute Gasteiger partial charge is 0.357 e. The molecule has 1 aromatic heterocycles. The molecule has 1 heterocycles. The highest BCUT2D eigenvalue weighted by molar-refractivity contribution is 9.09. The van der Waals surface area contributed by atoms with Crippen LogP contribution >= 0.6 is 27.5 Å². The first-order valence-electron chi connectivity index (χ1n) is 6.30. The predicted molar refractivity (Wildman–Crippen MR) is 86.1 cm³/mol. The maximum atomic E-state index is 12.7. The molecule has 0 radical (unpaired) electrons. The zero-order valence-electron chi connectivity index (χ0n) is 11.6. The van der Waals surface area contributed by atoms with Crippen LogP contribution in [-0.4, -0.2) is 23.3 Å². The van der Waals surface area contributed by atoms with E-state index in [1.807, 2.05) is 6.92 Å². The summed E-state index contributed by atoms with van der Waals surface area (Å²) in [5, 5.41) is 2.94. The predicted octanol–water partition coefficient (Wildman–Crippen LogP) is 3.32. The highest BCUT2D eigenvalue weighted by Gasteiger charge is 2.24. The number of halogens is 2. The third-order valence-electron chi connectivity index (χ3n) is 3.16. The molecule has 1 atom stereocenters. The Morgan fingerprint density at radius 2 is 1.90 bits per heavy atom. The van der Waals surface area contributed by atoms with Gasteiger partial charge < -0.3 is 9.88 Å².